The highest BCUT2D eigenvalue weighted by Crippen LogP contribution is 2.16. The molecule has 0 aliphatic heterocycles. The van der Waals surface area contributed by atoms with Gasteiger partial charge < -0.3 is 5.32 Å². The van der Waals surface area contributed by atoms with Gasteiger partial charge in [-0.15, -0.1) is 0 Å². The van der Waals surface area contributed by atoms with E-state index >= 15 is 0 Å². The van der Waals surface area contributed by atoms with E-state index in [1.807, 2.05) is 19.1 Å². The lowest BCUT2D eigenvalue weighted by Gasteiger charge is -2.15. The smallest absolute Gasteiger partial charge is 0.241 e. The van der Waals surface area contributed by atoms with Crippen molar-refractivity contribution in [2.45, 2.75) is 38.3 Å². The molecule has 0 bridgehead atoms. The number of amides is 1. The van der Waals surface area contributed by atoms with Crippen molar-refractivity contribution in [3.63, 3.8) is 0 Å². The van der Waals surface area contributed by atoms with E-state index in [-0.39, 0.29) is 11.4 Å². The van der Waals surface area contributed by atoms with Crippen LogP contribution in [0.5, 0.6) is 0 Å². The average molecular weight is 347 g/mol. The second-order valence-electron chi connectivity index (χ2n) is 5.65. The minimum Gasteiger partial charge on any atom is -0.349 e. The minimum atomic E-state index is -3.77. The molecule has 128 valence electrons. The first-order valence-corrected chi connectivity index (χ1v) is 9.05. The maximum atomic E-state index is 12.5. The molecular weight excluding hydrogens is 326 g/mol. The summed E-state index contributed by atoms with van der Waals surface area (Å²) < 4.78 is 27.4. The molecule has 0 radical (unpaired) electrons. The normalized spacial score (nSPS) is 12.6. The minimum absolute atomic E-state index is 0.187. The molecule has 2 rings (SSSR count). The molecule has 1 heterocycles. The number of hydrogen-bond acceptors (Lipinski definition) is 4. The van der Waals surface area contributed by atoms with E-state index in [0.29, 0.717) is 11.3 Å². The first-order chi connectivity index (χ1) is 11.3. The largest absolute Gasteiger partial charge is 0.349 e. The van der Waals surface area contributed by atoms with E-state index < -0.39 is 22.0 Å². The summed E-state index contributed by atoms with van der Waals surface area (Å²) in [6.07, 6.45) is 1.63. The number of sulfonamides is 1. The number of rotatable bonds is 6. The summed E-state index contributed by atoms with van der Waals surface area (Å²) in [5, 5.41) is 2.67. The Morgan fingerprint density at radius 1 is 1.21 bits per heavy atom. The lowest BCUT2D eigenvalue weighted by Crippen LogP contribution is -2.44. The number of carbonyl (C=O) groups excluding carboxylic acids is 1. The zero-order valence-electron chi connectivity index (χ0n) is 13.9. The Morgan fingerprint density at radius 3 is 2.62 bits per heavy atom. The maximum absolute atomic E-state index is 12.5. The fourth-order valence-corrected chi connectivity index (χ4v) is 3.71. The molecule has 0 aliphatic carbocycles. The molecule has 6 nitrogen and oxygen atoms in total. The summed E-state index contributed by atoms with van der Waals surface area (Å²) in [5.41, 5.74) is 2.18. The average Bonchev–Trinajstić information content (AvgIpc) is 2.55. The van der Waals surface area contributed by atoms with Crippen molar-refractivity contribution in [3.05, 3.63) is 59.4 Å². The van der Waals surface area contributed by atoms with Crippen molar-refractivity contribution in [3.8, 4) is 0 Å². The van der Waals surface area contributed by atoms with Gasteiger partial charge in [-0.25, -0.2) is 8.42 Å². The van der Waals surface area contributed by atoms with Gasteiger partial charge in [-0.3, -0.25) is 9.78 Å². The maximum Gasteiger partial charge on any atom is 0.241 e. The number of benzene rings is 1. The molecule has 0 fully saturated rings. The Kier molecular flexibility index (Phi) is 5.69. The fraction of sp³-hybridized carbons (Fsp3) is 0.294. The third kappa shape index (κ3) is 4.62. The molecule has 2 N–H and O–H groups in total. The van der Waals surface area contributed by atoms with Crippen molar-refractivity contribution in [1.29, 1.82) is 0 Å². The quantitative estimate of drug-likeness (QED) is 0.832. The van der Waals surface area contributed by atoms with Gasteiger partial charge in [0.05, 0.1) is 23.2 Å². The third-order valence-electron chi connectivity index (χ3n) is 3.53. The molecule has 0 unspecified atom stereocenters. The number of nitrogens with zero attached hydrogens (tertiary/aromatic N) is 1. The standard InChI is InChI=1S/C17H21N3O3S/c1-12-7-8-13(2)16(10-12)24(22,23)20-14(3)17(21)19-11-15-6-4-5-9-18-15/h4-10,14,20H,11H2,1-3H3,(H,19,21)/t14-/m1/s1. The van der Waals surface area contributed by atoms with Gasteiger partial charge in [0.1, 0.15) is 0 Å². The summed E-state index contributed by atoms with van der Waals surface area (Å²) in [4.78, 5) is 16.4. The van der Waals surface area contributed by atoms with Gasteiger partial charge in [0.25, 0.3) is 0 Å². The highest BCUT2D eigenvalue weighted by Gasteiger charge is 2.23. The van der Waals surface area contributed by atoms with Gasteiger partial charge in [-0.2, -0.15) is 4.72 Å². The topological polar surface area (TPSA) is 88.2 Å². The van der Waals surface area contributed by atoms with Crippen LogP contribution in [0, 0.1) is 13.8 Å². The van der Waals surface area contributed by atoms with E-state index in [4.69, 9.17) is 0 Å². The molecule has 1 atom stereocenters. The van der Waals surface area contributed by atoms with E-state index in [9.17, 15) is 13.2 Å². The third-order valence-corrected chi connectivity index (χ3v) is 5.21. The number of carbonyl (C=O) groups is 1. The van der Waals surface area contributed by atoms with Crippen molar-refractivity contribution in [1.82, 2.24) is 15.0 Å². The van der Waals surface area contributed by atoms with Crippen molar-refractivity contribution in [2.24, 2.45) is 0 Å². The Hall–Kier alpha value is -2.25. The highest BCUT2D eigenvalue weighted by atomic mass is 32.2. The van der Waals surface area contributed by atoms with Crippen LogP contribution in [0.4, 0.5) is 0 Å². The molecule has 2 aromatic rings. The van der Waals surface area contributed by atoms with Crippen LogP contribution in [-0.4, -0.2) is 25.4 Å². The predicted octanol–water partition coefficient (Wildman–Crippen LogP) is 1.68. The molecule has 0 spiro atoms. The molecule has 0 saturated carbocycles. The van der Waals surface area contributed by atoms with Gasteiger partial charge in [-0.1, -0.05) is 18.2 Å². The summed E-state index contributed by atoms with van der Waals surface area (Å²) in [7, 11) is -3.77. The molecular formula is C17H21N3O3S. The number of aromatic nitrogens is 1. The second-order valence-corrected chi connectivity index (χ2v) is 7.33. The van der Waals surface area contributed by atoms with E-state index in [0.717, 1.165) is 5.56 Å². The number of nitrogens with one attached hydrogen (secondary N) is 2. The summed E-state index contributed by atoms with van der Waals surface area (Å²) in [5.74, 6) is -0.408. The molecule has 1 aromatic heterocycles. The summed E-state index contributed by atoms with van der Waals surface area (Å²) in [6.45, 7) is 5.30. The number of aryl methyl sites for hydroxylation is 2. The van der Waals surface area contributed by atoms with Crippen molar-refractivity contribution >= 4 is 15.9 Å². The Bertz CT molecular complexity index is 820. The van der Waals surface area contributed by atoms with Crippen LogP contribution in [0.25, 0.3) is 0 Å². The van der Waals surface area contributed by atoms with Gasteiger partial charge in [0.15, 0.2) is 0 Å². The first kappa shape index (κ1) is 18.1. The van der Waals surface area contributed by atoms with Gasteiger partial charge >= 0.3 is 0 Å². The summed E-state index contributed by atoms with van der Waals surface area (Å²) in [6, 6.07) is 9.68. The van der Waals surface area contributed by atoms with Crippen LogP contribution in [0.15, 0.2) is 47.5 Å². The van der Waals surface area contributed by atoms with Crippen LogP contribution in [0.3, 0.4) is 0 Å². The number of hydrogen-bond donors (Lipinski definition) is 2. The molecule has 0 saturated heterocycles. The van der Waals surface area contributed by atoms with Crippen LogP contribution in [0.2, 0.25) is 0 Å². The predicted molar refractivity (Wildman–Crippen MR) is 91.8 cm³/mol. The van der Waals surface area contributed by atoms with Crippen LogP contribution in [0.1, 0.15) is 23.7 Å². The SMILES string of the molecule is Cc1ccc(C)c(S(=O)(=O)N[C@H](C)C(=O)NCc2ccccn2)c1. The monoisotopic (exact) mass is 347 g/mol. The van der Waals surface area contributed by atoms with Crippen LogP contribution < -0.4 is 10.0 Å². The molecule has 7 heteroatoms. The van der Waals surface area contributed by atoms with Gasteiger partial charge in [-0.05, 0) is 50.1 Å². The zero-order valence-corrected chi connectivity index (χ0v) is 14.7. The fourth-order valence-electron chi connectivity index (χ4n) is 2.18. The zero-order chi connectivity index (χ0) is 17.7. The van der Waals surface area contributed by atoms with Crippen molar-refractivity contribution < 1.29 is 13.2 Å². The lowest BCUT2D eigenvalue weighted by molar-refractivity contribution is -0.122. The molecule has 0 aliphatic rings. The second kappa shape index (κ2) is 7.55. The van der Waals surface area contributed by atoms with E-state index in [1.165, 1.54) is 6.92 Å². The van der Waals surface area contributed by atoms with E-state index in [1.54, 1.807) is 37.4 Å². The lowest BCUT2D eigenvalue weighted by atomic mass is 10.2. The highest BCUT2D eigenvalue weighted by molar-refractivity contribution is 7.89. The Labute approximate surface area is 142 Å². The van der Waals surface area contributed by atoms with Crippen LogP contribution in [-0.2, 0) is 21.4 Å². The van der Waals surface area contributed by atoms with Gasteiger partial charge in [0.2, 0.25) is 15.9 Å². The Balaban J connectivity index is 2.03. The molecule has 1 aromatic carbocycles. The van der Waals surface area contributed by atoms with Crippen LogP contribution >= 0.6 is 0 Å². The van der Waals surface area contributed by atoms with Gasteiger partial charge in [0, 0.05) is 6.20 Å². The molecule has 1 amide bonds. The Morgan fingerprint density at radius 2 is 1.96 bits per heavy atom. The molecule has 24 heavy (non-hydrogen) atoms. The first-order valence-electron chi connectivity index (χ1n) is 7.57. The van der Waals surface area contributed by atoms with E-state index in [2.05, 4.69) is 15.0 Å². The van der Waals surface area contributed by atoms with Crippen molar-refractivity contribution in [2.75, 3.05) is 0 Å². The number of pyridine rings is 1. The summed E-state index contributed by atoms with van der Waals surface area (Å²) >= 11 is 0.